The van der Waals surface area contributed by atoms with Crippen molar-refractivity contribution in [1.29, 1.82) is 0 Å². The molecule has 4 rings (SSSR count). The van der Waals surface area contributed by atoms with Gasteiger partial charge in [-0.05, 0) is 31.0 Å². The maximum absolute atomic E-state index is 5.55. The summed E-state index contributed by atoms with van der Waals surface area (Å²) in [7, 11) is 1.65. The van der Waals surface area contributed by atoms with Crippen LogP contribution in [0.4, 0.5) is 0 Å². The molecular formula is C18H13N5OS. The SMILES string of the molecule is C=NC(=NC)c1nc(-c2cnc(-c3cccnc3)s2)cc2ccoc12. The third-order valence-electron chi connectivity index (χ3n) is 3.68. The van der Waals surface area contributed by atoms with Crippen LogP contribution in [0, 0.1) is 0 Å². The Labute approximate surface area is 147 Å². The minimum Gasteiger partial charge on any atom is -0.462 e. The van der Waals surface area contributed by atoms with Gasteiger partial charge in [0, 0.05) is 36.6 Å². The molecule has 0 amide bonds. The summed E-state index contributed by atoms with van der Waals surface area (Å²) >= 11 is 1.56. The first kappa shape index (κ1) is 15.3. The van der Waals surface area contributed by atoms with Crippen molar-refractivity contribution in [3.8, 4) is 21.1 Å². The predicted octanol–water partition coefficient (Wildman–Crippen LogP) is 4.09. The number of nitrogens with zero attached hydrogens (tertiary/aromatic N) is 5. The number of rotatable bonds is 3. The summed E-state index contributed by atoms with van der Waals surface area (Å²) in [6.07, 6.45) is 6.98. The van der Waals surface area contributed by atoms with Crippen molar-refractivity contribution in [3.05, 3.63) is 54.8 Å². The lowest BCUT2D eigenvalue weighted by Gasteiger charge is -2.03. The van der Waals surface area contributed by atoms with E-state index < -0.39 is 0 Å². The Kier molecular flexibility index (Phi) is 3.91. The van der Waals surface area contributed by atoms with E-state index in [2.05, 4.69) is 31.7 Å². The number of furan rings is 1. The molecule has 4 aromatic rings. The molecule has 0 aliphatic carbocycles. The molecule has 122 valence electrons. The summed E-state index contributed by atoms with van der Waals surface area (Å²) < 4.78 is 5.55. The zero-order valence-electron chi connectivity index (χ0n) is 13.4. The van der Waals surface area contributed by atoms with Crippen LogP contribution >= 0.6 is 11.3 Å². The highest BCUT2D eigenvalue weighted by Crippen LogP contribution is 2.33. The van der Waals surface area contributed by atoms with Crippen LogP contribution in [0.5, 0.6) is 0 Å². The average Bonchev–Trinajstić information content (AvgIpc) is 3.33. The zero-order chi connectivity index (χ0) is 17.2. The first-order chi connectivity index (χ1) is 12.3. The summed E-state index contributed by atoms with van der Waals surface area (Å²) in [6, 6.07) is 7.74. The fourth-order valence-corrected chi connectivity index (χ4v) is 3.39. The lowest BCUT2D eigenvalue weighted by molar-refractivity contribution is 0.613. The highest BCUT2D eigenvalue weighted by Gasteiger charge is 2.16. The maximum atomic E-state index is 5.55. The van der Waals surface area contributed by atoms with Crippen molar-refractivity contribution < 1.29 is 4.42 Å². The van der Waals surface area contributed by atoms with Crippen LogP contribution < -0.4 is 0 Å². The molecule has 0 N–H and O–H groups in total. The van der Waals surface area contributed by atoms with Crippen molar-refractivity contribution in [2.75, 3.05) is 7.05 Å². The lowest BCUT2D eigenvalue weighted by Crippen LogP contribution is -2.01. The lowest BCUT2D eigenvalue weighted by atomic mass is 10.2. The van der Waals surface area contributed by atoms with E-state index in [4.69, 9.17) is 4.42 Å². The van der Waals surface area contributed by atoms with Crippen molar-refractivity contribution >= 4 is 34.9 Å². The summed E-state index contributed by atoms with van der Waals surface area (Å²) in [6.45, 7) is 3.57. The molecule has 7 heteroatoms. The Hall–Kier alpha value is -3.19. The fraction of sp³-hybridized carbons (Fsp3) is 0.0556. The number of amidine groups is 1. The number of thiazole rings is 1. The van der Waals surface area contributed by atoms with Gasteiger partial charge in [0.25, 0.3) is 0 Å². The molecule has 25 heavy (non-hydrogen) atoms. The molecule has 0 unspecified atom stereocenters. The molecule has 0 fully saturated rings. The third-order valence-corrected chi connectivity index (χ3v) is 4.74. The molecule has 0 bridgehead atoms. The number of aromatic nitrogens is 3. The first-order valence-electron chi connectivity index (χ1n) is 7.49. The van der Waals surface area contributed by atoms with E-state index in [-0.39, 0.29) is 0 Å². The van der Waals surface area contributed by atoms with Gasteiger partial charge in [-0.25, -0.2) is 15.0 Å². The quantitative estimate of drug-likeness (QED) is 0.413. The summed E-state index contributed by atoms with van der Waals surface area (Å²) in [5, 5.41) is 1.83. The van der Waals surface area contributed by atoms with Crippen LogP contribution in [0.2, 0.25) is 0 Å². The van der Waals surface area contributed by atoms with Gasteiger partial charge in [0.1, 0.15) is 5.01 Å². The second kappa shape index (κ2) is 6.37. The minimum absolute atomic E-state index is 0.443. The largest absolute Gasteiger partial charge is 0.462 e. The van der Waals surface area contributed by atoms with E-state index in [9.17, 15) is 0 Å². The highest BCUT2D eigenvalue weighted by atomic mass is 32.1. The molecule has 0 aliphatic heterocycles. The maximum Gasteiger partial charge on any atom is 0.176 e. The normalized spacial score (nSPS) is 11.8. The van der Waals surface area contributed by atoms with E-state index >= 15 is 0 Å². The Morgan fingerprint density at radius 3 is 2.96 bits per heavy atom. The van der Waals surface area contributed by atoms with Gasteiger partial charge in [-0.2, -0.15) is 0 Å². The van der Waals surface area contributed by atoms with Gasteiger partial charge in [0.15, 0.2) is 17.1 Å². The molecule has 0 atom stereocenters. The summed E-state index contributed by atoms with van der Waals surface area (Å²) in [5.74, 6) is 0.443. The van der Waals surface area contributed by atoms with Crippen LogP contribution in [-0.2, 0) is 0 Å². The second-order valence-corrected chi connectivity index (χ2v) is 6.20. The van der Waals surface area contributed by atoms with Gasteiger partial charge >= 0.3 is 0 Å². The topological polar surface area (TPSA) is 76.5 Å². The molecule has 0 radical (unpaired) electrons. The molecule has 6 nitrogen and oxygen atoms in total. The molecule has 0 saturated carbocycles. The number of hydrogen-bond acceptors (Lipinski definition) is 6. The van der Waals surface area contributed by atoms with Gasteiger partial charge in [0.05, 0.1) is 16.8 Å². The van der Waals surface area contributed by atoms with Gasteiger partial charge in [-0.3, -0.25) is 9.98 Å². The van der Waals surface area contributed by atoms with Crippen LogP contribution in [0.25, 0.3) is 32.1 Å². The number of aliphatic imine (C=N–C) groups is 2. The zero-order valence-corrected chi connectivity index (χ0v) is 14.2. The van der Waals surface area contributed by atoms with E-state index in [0.717, 1.165) is 26.5 Å². The van der Waals surface area contributed by atoms with Crippen LogP contribution in [0.1, 0.15) is 5.69 Å². The molecule has 0 aromatic carbocycles. The van der Waals surface area contributed by atoms with E-state index in [0.29, 0.717) is 17.1 Å². The number of pyridine rings is 2. The monoisotopic (exact) mass is 347 g/mol. The molecule has 0 spiro atoms. The van der Waals surface area contributed by atoms with E-state index in [1.165, 1.54) is 0 Å². The Bertz CT molecular complexity index is 1080. The second-order valence-electron chi connectivity index (χ2n) is 5.17. The molecule has 0 aliphatic rings. The third kappa shape index (κ3) is 2.74. The Morgan fingerprint density at radius 2 is 2.20 bits per heavy atom. The molecular weight excluding hydrogens is 334 g/mol. The first-order valence-corrected chi connectivity index (χ1v) is 8.30. The summed E-state index contributed by atoms with van der Waals surface area (Å²) in [4.78, 5) is 22.4. The van der Waals surface area contributed by atoms with Crippen LogP contribution in [-0.4, -0.2) is 34.6 Å². The van der Waals surface area contributed by atoms with Gasteiger partial charge in [-0.15, -0.1) is 11.3 Å². The number of fused-ring (bicyclic) bond motifs is 1. The Balaban J connectivity index is 1.85. The highest BCUT2D eigenvalue weighted by molar-refractivity contribution is 7.18. The standard InChI is InChI=1S/C18H13N5OS/c1-19-17(20-2)15-16-11(5-7-24-16)8-13(23-15)14-10-22-18(25-14)12-4-3-6-21-9-12/h3-10H,1H2,2H3. The van der Waals surface area contributed by atoms with Crippen molar-refractivity contribution in [1.82, 2.24) is 15.0 Å². The molecule has 4 aromatic heterocycles. The Morgan fingerprint density at radius 1 is 1.28 bits per heavy atom. The van der Waals surface area contributed by atoms with Crippen LogP contribution in [0.3, 0.4) is 0 Å². The van der Waals surface area contributed by atoms with Gasteiger partial charge in [0.2, 0.25) is 0 Å². The van der Waals surface area contributed by atoms with Crippen molar-refractivity contribution in [2.24, 2.45) is 9.98 Å². The smallest absolute Gasteiger partial charge is 0.176 e. The molecule has 0 saturated heterocycles. The van der Waals surface area contributed by atoms with Crippen LogP contribution in [0.15, 0.2) is 63.5 Å². The average molecular weight is 347 g/mol. The predicted molar refractivity (Wildman–Crippen MR) is 100 cm³/mol. The molecule has 4 heterocycles. The fourth-order valence-electron chi connectivity index (χ4n) is 2.52. The van der Waals surface area contributed by atoms with Gasteiger partial charge in [-0.1, -0.05) is 0 Å². The minimum atomic E-state index is 0.443. The number of hydrogen-bond donors (Lipinski definition) is 0. The summed E-state index contributed by atoms with van der Waals surface area (Å²) in [5.41, 5.74) is 2.99. The van der Waals surface area contributed by atoms with Crippen molar-refractivity contribution in [3.63, 3.8) is 0 Å². The van der Waals surface area contributed by atoms with E-state index in [1.54, 1.807) is 37.0 Å². The van der Waals surface area contributed by atoms with Crippen molar-refractivity contribution in [2.45, 2.75) is 0 Å². The van der Waals surface area contributed by atoms with Gasteiger partial charge < -0.3 is 4.42 Å². The van der Waals surface area contributed by atoms with E-state index in [1.807, 2.05) is 30.5 Å².